The summed E-state index contributed by atoms with van der Waals surface area (Å²) >= 11 is 12.1. The van der Waals surface area contributed by atoms with E-state index < -0.39 is 32.0 Å². The largest absolute Gasteiger partial charge is 0.351 e. The molecule has 0 radical (unpaired) electrons. The van der Waals surface area contributed by atoms with Crippen LogP contribution in [0.5, 0.6) is 0 Å². The molecule has 190 valence electrons. The summed E-state index contributed by atoms with van der Waals surface area (Å²) in [6, 6.07) is 19.0. The van der Waals surface area contributed by atoms with E-state index in [1.807, 2.05) is 0 Å². The van der Waals surface area contributed by atoms with E-state index in [1.165, 1.54) is 30.3 Å². The van der Waals surface area contributed by atoms with E-state index >= 15 is 0 Å². The van der Waals surface area contributed by atoms with Crippen LogP contribution in [-0.4, -0.2) is 57.0 Å². The standard InChI is InChI=1S/C24H23Cl2N3O5S2/c25-19-12-11-18(22(26)15-19)16-27-24(30)23-17-28(35(31,32)20-7-3-1-4-8-20)13-14-29(23)36(33,34)21-9-5-2-6-10-21/h1-12,15,23H,13-14,16-17H2,(H,27,30). The van der Waals surface area contributed by atoms with Crippen molar-refractivity contribution in [2.45, 2.75) is 22.4 Å². The van der Waals surface area contributed by atoms with Gasteiger partial charge in [-0.25, -0.2) is 16.8 Å². The van der Waals surface area contributed by atoms with Crippen LogP contribution in [0.15, 0.2) is 88.7 Å². The zero-order chi connectivity index (χ0) is 25.9. The molecule has 1 fully saturated rings. The third-order valence-corrected chi connectivity index (χ3v) is 10.2. The highest BCUT2D eigenvalue weighted by atomic mass is 35.5. The molecule has 0 bridgehead atoms. The van der Waals surface area contributed by atoms with Gasteiger partial charge in [0.2, 0.25) is 26.0 Å². The van der Waals surface area contributed by atoms with Crippen molar-refractivity contribution in [2.24, 2.45) is 0 Å². The van der Waals surface area contributed by atoms with Crippen molar-refractivity contribution < 1.29 is 21.6 Å². The van der Waals surface area contributed by atoms with Gasteiger partial charge >= 0.3 is 0 Å². The number of carbonyl (C=O) groups is 1. The second-order valence-corrected chi connectivity index (χ2v) is 12.7. The average Bonchev–Trinajstić information content (AvgIpc) is 2.88. The highest BCUT2D eigenvalue weighted by molar-refractivity contribution is 7.89. The minimum absolute atomic E-state index is 0.00992. The van der Waals surface area contributed by atoms with Crippen LogP contribution in [-0.2, 0) is 31.4 Å². The van der Waals surface area contributed by atoms with Gasteiger partial charge in [-0.2, -0.15) is 8.61 Å². The summed E-state index contributed by atoms with van der Waals surface area (Å²) < 4.78 is 55.5. The molecule has 0 aromatic heterocycles. The maximum absolute atomic E-state index is 13.4. The van der Waals surface area contributed by atoms with Crippen LogP contribution in [0.4, 0.5) is 0 Å². The van der Waals surface area contributed by atoms with E-state index in [4.69, 9.17) is 23.2 Å². The first kappa shape index (κ1) is 26.6. The summed E-state index contributed by atoms with van der Waals surface area (Å²) in [7, 11) is -8.02. The molecule has 1 atom stereocenters. The fourth-order valence-corrected chi connectivity index (χ4v) is 7.42. The number of rotatable bonds is 7. The molecule has 1 unspecified atom stereocenters. The predicted octanol–water partition coefficient (Wildman–Crippen LogP) is 3.37. The first-order chi connectivity index (χ1) is 17.1. The lowest BCUT2D eigenvalue weighted by Gasteiger charge is -2.39. The number of benzene rings is 3. The zero-order valence-electron chi connectivity index (χ0n) is 18.9. The first-order valence-corrected chi connectivity index (χ1v) is 14.6. The molecule has 12 heteroatoms. The molecule has 36 heavy (non-hydrogen) atoms. The van der Waals surface area contributed by atoms with Crippen LogP contribution in [0, 0.1) is 0 Å². The Hall–Kier alpha value is -2.47. The van der Waals surface area contributed by atoms with Gasteiger partial charge in [0.25, 0.3) is 0 Å². The van der Waals surface area contributed by atoms with Gasteiger partial charge in [-0.3, -0.25) is 4.79 Å². The molecule has 0 saturated carbocycles. The molecule has 3 aromatic rings. The Morgan fingerprint density at radius 2 is 1.42 bits per heavy atom. The highest BCUT2D eigenvalue weighted by Gasteiger charge is 2.43. The zero-order valence-corrected chi connectivity index (χ0v) is 22.1. The lowest BCUT2D eigenvalue weighted by atomic mass is 10.2. The van der Waals surface area contributed by atoms with Crippen LogP contribution >= 0.6 is 23.2 Å². The minimum Gasteiger partial charge on any atom is -0.351 e. The molecular weight excluding hydrogens is 545 g/mol. The Kier molecular flexibility index (Phi) is 8.03. The normalized spacial score (nSPS) is 17.6. The summed E-state index contributed by atoms with van der Waals surface area (Å²) in [6.07, 6.45) is 0. The van der Waals surface area contributed by atoms with Crippen LogP contribution < -0.4 is 5.32 Å². The summed E-state index contributed by atoms with van der Waals surface area (Å²) in [5, 5.41) is 3.48. The van der Waals surface area contributed by atoms with E-state index in [0.29, 0.717) is 15.6 Å². The lowest BCUT2D eigenvalue weighted by Crippen LogP contribution is -2.61. The monoisotopic (exact) mass is 567 g/mol. The molecule has 1 heterocycles. The molecule has 1 amide bonds. The number of nitrogens with one attached hydrogen (secondary N) is 1. The van der Waals surface area contributed by atoms with Crippen molar-refractivity contribution in [1.82, 2.24) is 13.9 Å². The SMILES string of the molecule is O=C(NCc1ccc(Cl)cc1Cl)C1CN(S(=O)(=O)c2ccccc2)CCN1S(=O)(=O)c1ccccc1. The molecule has 8 nitrogen and oxygen atoms in total. The topological polar surface area (TPSA) is 104 Å². The summed E-state index contributed by atoms with van der Waals surface area (Å²) in [5.74, 6) is -0.645. The number of nitrogens with zero attached hydrogens (tertiary/aromatic N) is 2. The van der Waals surface area contributed by atoms with Crippen LogP contribution in [0.25, 0.3) is 0 Å². The van der Waals surface area contributed by atoms with Gasteiger partial charge in [-0.05, 0) is 42.0 Å². The van der Waals surface area contributed by atoms with Gasteiger partial charge in [0.15, 0.2) is 0 Å². The molecule has 1 saturated heterocycles. The van der Waals surface area contributed by atoms with Gasteiger partial charge in [0.05, 0.1) is 9.79 Å². The van der Waals surface area contributed by atoms with E-state index in [9.17, 15) is 21.6 Å². The second-order valence-electron chi connectivity index (χ2n) is 8.07. The van der Waals surface area contributed by atoms with Crippen molar-refractivity contribution in [3.63, 3.8) is 0 Å². The number of sulfonamides is 2. The first-order valence-electron chi connectivity index (χ1n) is 10.9. The summed E-state index contributed by atoms with van der Waals surface area (Å²) in [4.78, 5) is 13.4. The van der Waals surface area contributed by atoms with E-state index in [1.54, 1.807) is 48.5 Å². The number of hydrogen-bond acceptors (Lipinski definition) is 5. The molecular formula is C24H23Cl2N3O5S2. The maximum Gasteiger partial charge on any atom is 0.243 e. The highest BCUT2D eigenvalue weighted by Crippen LogP contribution is 2.26. The van der Waals surface area contributed by atoms with Crippen molar-refractivity contribution >= 4 is 49.2 Å². The van der Waals surface area contributed by atoms with Gasteiger partial charge in [-0.1, -0.05) is 65.7 Å². The summed E-state index contributed by atoms with van der Waals surface area (Å²) in [5.41, 5.74) is 0.580. The Balaban J connectivity index is 1.64. The number of piperazine rings is 1. The molecule has 1 N–H and O–H groups in total. The van der Waals surface area contributed by atoms with Crippen molar-refractivity contribution in [1.29, 1.82) is 0 Å². The predicted molar refractivity (Wildman–Crippen MR) is 138 cm³/mol. The van der Waals surface area contributed by atoms with E-state index in [-0.39, 0.29) is 36.0 Å². The Bertz CT molecular complexity index is 1450. The molecule has 0 spiro atoms. The Morgan fingerprint density at radius 3 is 2.00 bits per heavy atom. The fraction of sp³-hybridized carbons (Fsp3) is 0.208. The smallest absolute Gasteiger partial charge is 0.243 e. The lowest BCUT2D eigenvalue weighted by molar-refractivity contribution is -0.126. The van der Waals surface area contributed by atoms with Gasteiger partial charge in [0.1, 0.15) is 6.04 Å². The van der Waals surface area contributed by atoms with Gasteiger partial charge < -0.3 is 5.32 Å². The molecule has 3 aromatic carbocycles. The van der Waals surface area contributed by atoms with Crippen molar-refractivity contribution in [2.75, 3.05) is 19.6 Å². The third kappa shape index (κ3) is 5.59. The number of amides is 1. The quantitative estimate of drug-likeness (QED) is 0.471. The fourth-order valence-electron chi connectivity index (χ4n) is 3.90. The van der Waals surface area contributed by atoms with Gasteiger partial charge in [0, 0.05) is 36.2 Å². The Morgan fingerprint density at radius 1 is 0.833 bits per heavy atom. The van der Waals surface area contributed by atoms with Crippen LogP contribution in [0.2, 0.25) is 10.0 Å². The number of halogens is 2. The van der Waals surface area contributed by atoms with E-state index in [2.05, 4.69) is 5.32 Å². The second kappa shape index (κ2) is 10.9. The molecule has 1 aliphatic heterocycles. The van der Waals surface area contributed by atoms with Crippen LogP contribution in [0.3, 0.4) is 0 Å². The third-order valence-electron chi connectivity index (χ3n) is 5.80. The number of carbonyl (C=O) groups excluding carboxylic acids is 1. The molecule has 1 aliphatic rings. The number of hydrogen-bond donors (Lipinski definition) is 1. The van der Waals surface area contributed by atoms with Crippen molar-refractivity contribution in [3.05, 3.63) is 94.5 Å². The van der Waals surface area contributed by atoms with Crippen molar-refractivity contribution in [3.8, 4) is 0 Å². The Labute approximate surface area is 220 Å². The van der Waals surface area contributed by atoms with Crippen LogP contribution in [0.1, 0.15) is 5.56 Å². The minimum atomic E-state index is -4.08. The molecule has 4 rings (SSSR count). The van der Waals surface area contributed by atoms with E-state index in [0.717, 1.165) is 8.61 Å². The average molecular weight is 569 g/mol. The summed E-state index contributed by atoms with van der Waals surface area (Å²) in [6.45, 7) is -0.626. The molecule has 0 aliphatic carbocycles. The maximum atomic E-state index is 13.4. The van der Waals surface area contributed by atoms with Gasteiger partial charge in [-0.15, -0.1) is 0 Å².